The van der Waals surface area contributed by atoms with Crippen LogP contribution in [0.2, 0.25) is 0 Å². The van der Waals surface area contributed by atoms with E-state index in [2.05, 4.69) is 5.32 Å². The quantitative estimate of drug-likeness (QED) is 0.294. The Labute approximate surface area is 224 Å². The third-order valence-corrected chi connectivity index (χ3v) is 8.30. The summed E-state index contributed by atoms with van der Waals surface area (Å²) in [7, 11) is 3.05. The first-order valence-corrected chi connectivity index (χ1v) is 13.9. The summed E-state index contributed by atoms with van der Waals surface area (Å²) in [6, 6.07) is 7.90. The summed E-state index contributed by atoms with van der Waals surface area (Å²) in [4.78, 5) is 41.2. The number of carboxylic acids is 1. The van der Waals surface area contributed by atoms with Gasteiger partial charge in [0.2, 0.25) is 9.84 Å². The molecule has 3 rings (SSSR count). The van der Waals surface area contributed by atoms with Crippen LogP contribution >= 0.6 is 0 Å². The molecule has 9 nitrogen and oxygen atoms in total. The summed E-state index contributed by atoms with van der Waals surface area (Å²) in [5.74, 6) is -1.72. The highest BCUT2D eigenvalue weighted by molar-refractivity contribution is 7.91. The zero-order chi connectivity index (χ0) is 28.4. The van der Waals surface area contributed by atoms with Crippen molar-refractivity contribution in [1.29, 1.82) is 0 Å². The molecule has 0 fully saturated rings. The summed E-state index contributed by atoms with van der Waals surface area (Å²) in [6.07, 6.45) is 1.83. The van der Waals surface area contributed by atoms with Gasteiger partial charge in [-0.05, 0) is 57.0 Å². The average Bonchev–Trinajstić information content (AvgIpc) is 2.83. The third kappa shape index (κ3) is 5.75. The minimum Gasteiger partial charge on any atom is -0.481 e. The second-order valence-electron chi connectivity index (χ2n) is 10.0. The summed E-state index contributed by atoms with van der Waals surface area (Å²) >= 11 is 0. The van der Waals surface area contributed by atoms with Gasteiger partial charge in [-0.25, -0.2) is 8.42 Å². The van der Waals surface area contributed by atoms with Gasteiger partial charge in [0.25, 0.3) is 5.91 Å². The maximum absolute atomic E-state index is 13.9. The van der Waals surface area contributed by atoms with Crippen LogP contribution in [-0.4, -0.2) is 65.9 Å². The monoisotopic (exact) mass is 541 g/mol. The number of sulfone groups is 1. The summed E-state index contributed by atoms with van der Waals surface area (Å²) in [6.45, 7) is 3.82. The highest BCUT2D eigenvalue weighted by atomic mass is 32.2. The van der Waals surface area contributed by atoms with Crippen molar-refractivity contribution < 1.29 is 27.9 Å². The largest absolute Gasteiger partial charge is 0.481 e. The highest BCUT2D eigenvalue weighted by Crippen LogP contribution is 2.42. The van der Waals surface area contributed by atoms with Crippen LogP contribution in [0.3, 0.4) is 0 Å². The van der Waals surface area contributed by atoms with Crippen molar-refractivity contribution in [2.45, 2.75) is 49.3 Å². The van der Waals surface area contributed by atoms with Gasteiger partial charge in [-0.15, -0.1) is 0 Å². The number of fused-ring (bicyclic) bond motifs is 2. The molecular formula is C28H35N3O6S. The van der Waals surface area contributed by atoms with Gasteiger partial charge in [-0.3, -0.25) is 14.4 Å². The molecule has 0 atom stereocenters. The first-order chi connectivity index (χ1) is 17.8. The molecule has 1 heterocycles. The SMILES string of the molecule is CC(C)=C(C(=O)NCCCCCC(=O)O)c1cc(N(C)C)cc2c1C(=O)c1ccc(N(C)C)cc1S2(=O)=O. The average molecular weight is 542 g/mol. The molecule has 0 radical (unpaired) electrons. The summed E-state index contributed by atoms with van der Waals surface area (Å²) in [5, 5.41) is 11.6. The molecule has 204 valence electrons. The van der Waals surface area contributed by atoms with Gasteiger partial charge in [0.05, 0.1) is 9.79 Å². The third-order valence-electron chi connectivity index (χ3n) is 6.49. The molecule has 2 N–H and O–H groups in total. The number of allylic oxidation sites excluding steroid dienone is 1. The first kappa shape index (κ1) is 28.9. The van der Waals surface area contributed by atoms with E-state index in [0.29, 0.717) is 42.8 Å². The van der Waals surface area contributed by atoms with Crippen molar-refractivity contribution in [2.75, 3.05) is 44.5 Å². The molecule has 2 aromatic carbocycles. The Morgan fingerprint density at radius 2 is 1.53 bits per heavy atom. The van der Waals surface area contributed by atoms with Crippen LogP contribution in [0.15, 0.2) is 45.7 Å². The smallest absolute Gasteiger partial charge is 0.303 e. The van der Waals surface area contributed by atoms with Gasteiger partial charge in [0.1, 0.15) is 0 Å². The van der Waals surface area contributed by atoms with Crippen LogP contribution in [0.4, 0.5) is 11.4 Å². The number of aliphatic carboxylic acids is 1. The lowest BCUT2D eigenvalue weighted by molar-refractivity contribution is -0.137. The number of nitrogens with zero attached hydrogens (tertiary/aromatic N) is 2. The van der Waals surface area contributed by atoms with Gasteiger partial charge >= 0.3 is 5.97 Å². The van der Waals surface area contributed by atoms with Crippen molar-refractivity contribution in [2.24, 2.45) is 0 Å². The number of benzene rings is 2. The van der Waals surface area contributed by atoms with Crippen LogP contribution in [0, 0.1) is 0 Å². The van der Waals surface area contributed by atoms with E-state index in [1.165, 1.54) is 18.2 Å². The fourth-order valence-electron chi connectivity index (χ4n) is 4.44. The number of amides is 1. The Balaban J connectivity index is 2.11. The van der Waals surface area contributed by atoms with Crippen LogP contribution in [0.1, 0.15) is 61.0 Å². The molecule has 0 unspecified atom stereocenters. The second-order valence-corrected chi connectivity index (χ2v) is 11.9. The standard InChI is InChI=1S/C28H35N3O6S/c1-17(2)25(28(35)29-13-9-7-8-10-24(32)33)21-14-19(31(5)6)16-23-26(21)27(34)20-12-11-18(30(3)4)15-22(20)38(23,36)37/h11-12,14-16H,7-10,13H2,1-6H3,(H,29,35)(H,32,33). The molecule has 0 saturated heterocycles. The summed E-state index contributed by atoms with van der Waals surface area (Å²) in [5.41, 5.74) is 2.41. The maximum atomic E-state index is 13.9. The zero-order valence-electron chi connectivity index (χ0n) is 22.7. The topological polar surface area (TPSA) is 124 Å². The molecule has 38 heavy (non-hydrogen) atoms. The van der Waals surface area contributed by atoms with Crippen LogP contribution < -0.4 is 15.1 Å². The maximum Gasteiger partial charge on any atom is 0.303 e. The lowest BCUT2D eigenvalue weighted by Gasteiger charge is -2.26. The van der Waals surface area contributed by atoms with Gasteiger partial charge in [0.15, 0.2) is 5.78 Å². The number of nitrogens with one attached hydrogen (secondary N) is 1. The van der Waals surface area contributed by atoms with E-state index in [-0.39, 0.29) is 38.5 Å². The van der Waals surface area contributed by atoms with Crippen molar-refractivity contribution in [3.05, 3.63) is 52.6 Å². The number of carbonyl (C=O) groups excluding carboxylic acids is 2. The number of unbranched alkanes of at least 4 members (excludes halogenated alkanes) is 2. The zero-order valence-corrected chi connectivity index (χ0v) is 23.5. The Morgan fingerprint density at radius 1 is 0.895 bits per heavy atom. The molecule has 0 saturated carbocycles. The van der Waals surface area contributed by atoms with Gasteiger partial charge < -0.3 is 20.2 Å². The second kappa shape index (κ2) is 11.4. The van der Waals surface area contributed by atoms with Crippen LogP contribution in [-0.2, 0) is 19.4 Å². The van der Waals surface area contributed by atoms with E-state index in [0.717, 1.165) is 0 Å². The molecule has 1 amide bonds. The van der Waals surface area contributed by atoms with Crippen molar-refractivity contribution in [3.63, 3.8) is 0 Å². The lowest BCUT2D eigenvalue weighted by Crippen LogP contribution is -2.29. The number of hydrogen-bond donors (Lipinski definition) is 2. The van der Waals surface area contributed by atoms with Crippen molar-refractivity contribution in [3.8, 4) is 0 Å². The Kier molecular flexibility index (Phi) is 8.66. The van der Waals surface area contributed by atoms with E-state index >= 15 is 0 Å². The Morgan fingerprint density at radius 3 is 2.11 bits per heavy atom. The Hall–Kier alpha value is -3.66. The fourth-order valence-corrected chi connectivity index (χ4v) is 6.15. The molecular weight excluding hydrogens is 506 g/mol. The number of rotatable bonds is 10. The number of carbonyl (C=O) groups is 3. The number of carboxylic acid groups (broad SMARTS) is 1. The lowest BCUT2D eigenvalue weighted by atomic mass is 9.90. The number of ketones is 1. The minimum absolute atomic E-state index is 0.00601. The van der Waals surface area contributed by atoms with Crippen LogP contribution in [0.25, 0.3) is 5.57 Å². The molecule has 10 heteroatoms. The van der Waals surface area contributed by atoms with Gasteiger partial charge in [0, 0.05) is 74.8 Å². The van der Waals surface area contributed by atoms with E-state index in [1.54, 1.807) is 64.0 Å². The fraction of sp³-hybridized carbons (Fsp3) is 0.393. The molecule has 0 aromatic heterocycles. The molecule has 1 aliphatic rings. The summed E-state index contributed by atoms with van der Waals surface area (Å²) < 4.78 is 27.8. The van der Waals surface area contributed by atoms with E-state index < -0.39 is 27.5 Å². The van der Waals surface area contributed by atoms with Crippen molar-refractivity contribution in [1.82, 2.24) is 5.32 Å². The predicted molar refractivity (Wildman–Crippen MR) is 148 cm³/mol. The molecule has 2 aromatic rings. The molecule has 1 aliphatic heterocycles. The number of hydrogen-bond acceptors (Lipinski definition) is 7. The van der Waals surface area contributed by atoms with Crippen LogP contribution in [0.5, 0.6) is 0 Å². The van der Waals surface area contributed by atoms with E-state index in [9.17, 15) is 22.8 Å². The predicted octanol–water partition coefficient (Wildman–Crippen LogP) is 3.75. The first-order valence-electron chi connectivity index (χ1n) is 12.4. The number of anilines is 2. The highest BCUT2D eigenvalue weighted by Gasteiger charge is 2.39. The molecule has 0 spiro atoms. The van der Waals surface area contributed by atoms with E-state index in [1.807, 2.05) is 0 Å². The normalized spacial score (nSPS) is 13.3. The molecule has 0 aliphatic carbocycles. The van der Waals surface area contributed by atoms with Gasteiger partial charge in [-0.1, -0.05) is 12.0 Å². The van der Waals surface area contributed by atoms with Gasteiger partial charge in [-0.2, -0.15) is 0 Å². The minimum atomic E-state index is -4.06. The molecule has 0 bridgehead atoms. The van der Waals surface area contributed by atoms with Crippen molar-refractivity contribution >= 4 is 44.4 Å². The van der Waals surface area contributed by atoms with E-state index in [4.69, 9.17) is 5.11 Å². The Bertz CT molecular complexity index is 1420.